The monoisotopic (exact) mass is 226 g/mol. The highest BCUT2D eigenvalue weighted by molar-refractivity contribution is 5.80. The van der Waals surface area contributed by atoms with Crippen LogP contribution < -0.4 is 0 Å². The van der Waals surface area contributed by atoms with E-state index in [2.05, 4.69) is 0 Å². The van der Waals surface area contributed by atoms with Crippen LogP contribution in [0.2, 0.25) is 0 Å². The second-order valence-corrected chi connectivity index (χ2v) is 4.89. The summed E-state index contributed by atoms with van der Waals surface area (Å²) in [5, 5.41) is 10.1. The van der Waals surface area contributed by atoms with Crippen molar-refractivity contribution in [1.82, 2.24) is 0 Å². The first kappa shape index (κ1) is 11.7. The summed E-state index contributed by atoms with van der Waals surface area (Å²) in [5.41, 5.74) is 0. The van der Waals surface area contributed by atoms with Gasteiger partial charge >= 0.3 is 0 Å². The number of carbonyl (C=O) groups is 2. The third-order valence-electron chi connectivity index (χ3n) is 3.32. The van der Waals surface area contributed by atoms with Crippen LogP contribution in [0.3, 0.4) is 0 Å². The number of carbonyl (C=O) groups excluding carboxylic acids is 2. The molecule has 0 aromatic heterocycles. The fourth-order valence-electron chi connectivity index (χ4n) is 2.54. The van der Waals surface area contributed by atoms with Crippen molar-refractivity contribution in [2.45, 2.75) is 63.3 Å². The standard InChI is InChI=1S/C12H18O4/c13-9-3-1-5-11(7-9)16-12(15)6-2-4-10(14)8-12/h11,15H,1-8H2. The highest BCUT2D eigenvalue weighted by Crippen LogP contribution is 2.31. The Bertz CT molecular complexity index is 299. The Balaban J connectivity index is 1.91. The van der Waals surface area contributed by atoms with Crippen LogP contribution >= 0.6 is 0 Å². The Hall–Kier alpha value is -0.740. The minimum absolute atomic E-state index is 0.0517. The SMILES string of the molecule is O=C1CCCC(OC2(O)CCCC(=O)C2)C1. The van der Waals surface area contributed by atoms with Gasteiger partial charge in [0.2, 0.25) is 0 Å². The lowest BCUT2D eigenvalue weighted by Gasteiger charge is -2.35. The van der Waals surface area contributed by atoms with E-state index in [1.165, 1.54) is 0 Å². The van der Waals surface area contributed by atoms with Crippen molar-refractivity contribution in [3.63, 3.8) is 0 Å². The van der Waals surface area contributed by atoms with Gasteiger partial charge in [0.05, 0.1) is 12.5 Å². The molecule has 2 aliphatic carbocycles. The molecule has 2 rings (SSSR count). The number of hydrogen-bond donors (Lipinski definition) is 1. The molecule has 0 bridgehead atoms. The fourth-order valence-corrected chi connectivity index (χ4v) is 2.54. The van der Waals surface area contributed by atoms with Crippen molar-refractivity contribution in [2.24, 2.45) is 0 Å². The number of hydrogen-bond acceptors (Lipinski definition) is 4. The average Bonchev–Trinajstić information content (AvgIpc) is 2.16. The number of ketones is 2. The first-order valence-electron chi connectivity index (χ1n) is 6.01. The third kappa shape index (κ3) is 2.89. The van der Waals surface area contributed by atoms with Gasteiger partial charge < -0.3 is 9.84 Å². The molecule has 0 saturated heterocycles. The summed E-state index contributed by atoms with van der Waals surface area (Å²) in [5.74, 6) is -1.06. The van der Waals surface area contributed by atoms with Gasteiger partial charge in [-0.05, 0) is 19.3 Å². The van der Waals surface area contributed by atoms with Crippen LogP contribution in [-0.4, -0.2) is 28.6 Å². The van der Waals surface area contributed by atoms with Gasteiger partial charge in [-0.15, -0.1) is 0 Å². The van der Waals surface area contributed by atoms with Crippen LogP contribution in [0.5, 0.6) is 0 Å². The number of ether oxygens (including phenoxy) is 1. The maximum atomic E-state index is 11.3. The lowest BCUT2D eigenvalue weighted by molar-refractivity contribution is -0.243. The largest absolute Gasteiger partial charge is 0.365 e. The second kappa shape index (κ2) is 4.63. The van der Waals surface area contributed by atoms with Crippen LogP contribution in [0, 0.1) is 0 Å². The minimum atomic E-state index is -1.31. The summed E-state index contributed by atoms with van der Waals surface area (Å²) in [6.45, 7) is 0. The first-order chi connectivity index (χ1) is 7.57. The van der Waals surface area contributed by atoms with Gasteiger partial charge in [-0.3, -0.25) is 9.59 Å². The van der Waals surface area contributed by atoms with E-state index in [9.17, 15) is 14.7 Å². The van der Waals surface area contributed by atoms with Crippen LogP contribution in [0.4, 0.5) is 0 Å². The predicted molar refractivity (Wildman–Crippen MR) is 56.8 cm³/mol. The van der Waals surface area contributed by atoms with Crippen LogP contribution in [0.25, 0.3) is 0 Å². The normalized spacial score (nSPS) is 36.4. The minimum Gasteiger partial charge on any atom is -0.365 e. The highest BCUT2D eigenvalue weighted by Gasteiger charge is 2.37. The summed E-state index contributed by atoms with van der Waals surface area (Å²) in [6.07, 6.45) is 4.24. The molecule has 2 atom stereocenters. The molecule has 0 aromatic rings. The molecule has 2 aliphatic rings. The van der Waals surface area contributed by atoms with E-state index in [-0.39, 0.29) is 24.1 Å². The van der Waals surface area contributed by atoms with Gasteiger partial charge in [0, 0.05) is 25.7 Å². The van der Waals surface area contributed by atoms with Gasteiger partial charge in [0.1, 0.15) is 11.6 Å². The van der Waals surface area contributed by atoms with Gasteiger partial charge in [0.25, 0.3) is 0 Å². The molecule has 90 valence electrons. The van der Waals surface area contributed by atoms with E-state index in [1.807, 2.05) is 0 Å². The molecule has 0 amide bonds. The molecule has 0 aliphatic heterocycles. The van der Waals surface area contributed by atoms with E-state index in [4.69, 9.17) is 4.74 Å². The average molecular weight is 226 g/mol. The maximum absolute atomic E-state index is 11.3. The van der Waals surface area contributed by atoms with Crippen molar-refractivity contribution in [3.8, 4) is 0 Å². The van der Waals surface area contributed by atoms with Crippen LogP contribution in [-0.2, 0) is 14.3 Å². The lowest BCUT2D eigenvalue weighted by atomic mass is 9.91. The van der Waals surface area contributed by atoms with Crippen molar-refractivity contribution in [2.75, 3.05) is 0 Å². The Morgan fingerprint density at radius 2 is 1.94 bits per heavy atom. The maximum Gasteiger partial charge on any atom is 0.172 e. The zero-order valence-corrected chi connectivity index (χ0v) is 9.41. The lowest BCUT2D eigenvalue weighted by Crippen LogP contribution is -2.42. The molecule has 2 fully saturated rings. The molecule has 2 saturated carbocycles. The molecule has 16 heavy (non-hydrogen) atoms. The second-order valence-electron chi connectivity index (χ2n) is 4.89. The Morgan fingerprint density at radius 1 is 1.19 bits per heavy atom. The van der Waals surface area contributed by atoms with Crippen molar-refractivity contribution >= 4 is 11.6 Å². The van der Waals surface area contributed by atoms with Gasteiger partial charge in [-0.1, -0.05) is 0 Å². The van der Waals surface area contributed by atoms with Gasteiger partial charge in [0.15, 0.2) is 5.79 Å². The Morgan fingerprint density at radius 3 is 2.62 bits per heavy atom. The quantitative estimate of drug-likeness (QED) is 0.722. The van der Waals surface area contributed by atoms with Crippen LogP contribution in [0.15, 0.2) is 0 Å². The molecule has 1 N–H and O–H groups in total. The molecular weight excluding hydrogens is 208 g/mol. The molecule has 4 nitrogen and oxygen atoms in total. The molecule has 0 aromatic carbocycles. The summed E-state index contributed by atoms with van der Waals surface area (Å²) >= 11 is 0. The molecule has 4 heteroatoms. The number of aliphatic hydroxyl groups is 1. The van der Waals surface area contributed by atoms with Crippen LogP contribution in [0.1, 0.15) is 51.4 Å². The summed E-state index contributed by atoms with van der Waals surface area (Å²) < 4.78 is 5.57. The zero-order valence-electron chi connectivity index (χ0n) is 9.41. The summed E-state index contributed by atoms with van der Waals surface area (Å²) in [6, 6.07) is 0. The van der Waals surface area contributed by atoms with Crippen molar-refractivity contribution in [1.29, 1.82) is 0 Å². The topological polar surface area (TPSA) is 63.6 Å². The first-order valence-corrected chi connectivity index (χ1v) is 6.01. The Kier molecular flexibility index (Phi) is 3.40. The summed E-state index contributed by atoms with van der Waals surface area (Å²) in [4.78, 5) is 22.5. The smallest absolute Gasteiger partial charge is 0.172 e. The molecule has 2 unspecified atom stereocenters. The van der Waals surface area contributed by atoms with E-state index in [0.717, 1.165) is 12.8 Å². The van der Waals surface area contributed by atoms with Crippen molar-refractivity contribution in [3.05, 3.63) is 0 Å². The third-order valence-corrected chi connectivity index (χ3v) is 3.32. The molecular formula is C12H18O4. The van der Waals surface area contributed by atoms with E-state index in [1.54, 1.807) is 0 Å². The van der Waals surface area contributed by atoms with E-state index in [0.29, 0.717) is 32.1 Å². The highest BCUT2D eigenvalue weighted by atomic mass is 16.6. The Labute approximate surface area is 95.0 Å². The van der Waals surface area contributed by atoms with Gasteiger partial charge in [-0.25, -0.2) is 0 Å². The van der Waals surface area contributed by atoms with E-state index >= 15 is 0 Å². The van der Waals surface area contributed by atoms with Gasteiger partial charge in [-0.2, -0.15) is 0 Å². The number of rotatable bonds is 2. The fraction of sp³-hybridized carbons (Fsp3) is 0.833. The van der Waals surface area contributed by atoms with Crippen molar-refractivity contribution < 1.29 is 19.4 Å². The zero-order chi connectivity index (χ0) is 11.6. The summed E-state index contributed by atoms with van der Waals surface area (Å²) in [7, 11) is 0. The predicted octanol–water partition coefficient (Wildman–Crippen LogP) is 1.35. The molecule has 0 heterocycles. The molecule has 0 radical (unpaired) electrons. The van der Waals surface area contributed by atoms with E-state index < -0.39 is 5.79 Å². The number of Topliss-reactive ketones (excluding diaryl/α,β-unsaturated/α-hetero) is 2. The molecule has 0 spiro atoms.